The minimum Gasteiger partial charge on any atom is -0.493 e. The van der Waals surface area contributed by atoms with Crippen LogP contribution in [0.4, 0.5) is 5.69 Å². The molecule has 0 aromatic heterocycles. The lowest BCUT2D eigenvalue weighted by molar-refractivity contribution is -0.115. The fourth-order valence-electron chi connectivity index (χ4n) is 3.53. The van der Waals surface area contributed by atoms with Gasteiger partial charge in [-0.25, -0.2) is 4.99 Å². The van der Waals surface area contributed by atoms with Crippen molar-refractivity contribution in [2.75, 3.05) is 7.11 Å². The molecular weight excluding hydrogens is 651 g/mol. The summed E-state index contributed by atoms with van der Waals surface area (Å²) < 4.78 is 13.0. The molecule has 0 bridgehead atoms. The average molecular weight is 671 g/mol. The van der Waals surface area contributed by atoms with Crippen molar-refractivity contribution in [3.05, 3.63) is 88.6 Å². The largest absolute Gasteiger partial charge is 0.493 e. The van der Waals surface area contributed by atoms with Crippen LogP contribution in [0.25, 0.3) is 6.08 Å². The summed E-state index contributed by atoms with van der Waals surface area (Å²) >= 11 is 20.6. The molecule has 0 saturated carbocycles. The van der Waals surface area contributed by atoms with Crippen LogP contribution < -0.4 is 14.8 Å². The summed E-state index contributed by atoms with van der Waals surface area (Å²) in [5.74, 6) is 0.799. The lowest BCUT2D eigenvalue weighted by Gasteiger charge is -2.16. The van der Waals surface area contributed by atoms with E-state index in [4.69, 9.17) is 32.7 Å². The van der Waals surface area contributed by atoms with Crippen molar-refractivity contribution in [2.24, 2.45) is 4.99 Å². The highest BCUT2D eigenvalue weighted by Gasteiger charge is 2.25. The van der Waals surface area contributed by atoms with Gasteiger partial charge >= 0.3 is 0 Å². The Bertz CT molecular complexity index is 1410. The summed E-state index contributed by atoms with van der Waals surface area (Å²) in [5.41, 5.74) is 4.62. The number of rotatable bonds is 6. The van der Waals surface area contributed by atoms with Gasteiger partial charge in [-0.15, -0.1) is 0 Å². The number of carbonyl (C=O) groups is 1. The number of nitrogens with zero attached hydrogens (tertiary/aromatic N) is 1. The van der Waals surface area contributed by atoms with Crippen molar-refractivity contribution < 1.29 is 14.3 Å². The summed E-state index contributed by atoms with van der Waals surface area (Å²) in [6, 6.07) is 13.2. The van der Waals surface area contributed by atoms with E-state index < -0.39 is 0 Å². The maximum Gasteiger partial charge on any atom is 0.264 e. The van der Waals surface area contributed by atoms with Crippen LogP contribution >= 0.6 is 66.8 Å². The first-order valence-corrected chi connectivity index (χ1v) is 13.8. The van der Waals surface area contributed by atoms with Gasteiger partial charge < -0.3 is 14.8 Å². The number of carbonyl (C=O) groups excluding carboxylic acids is 1. The summed E-state index contributed by atoms with van der Waals surface area (Å²) in [6.45, 7) is 4.29. The Morgan fingerprint density at radius 3 is 2.42 bits per heavy atom. The van der Waals surface area contributed by atoms with Crippen LogP contribution in [0, 0.1) is 13.8 Å². The molecule has 3 aromatic rings. The molecule has 3 aromatic carbocycles. The first-order chi connectivity index (χ1) is 17.1. The highest BCUT2D eigenvalue weighted by molar-refractivity contribution is 9.13. The molecule has 1 amide bonds. The summed E-state index contributed by atoms with van der Waals surface area (Å²) in [4.78, 5) is 17.8. The van der Waals surface area contributed by atoms with E-state index in [0.717, 1.165) is 27.9 Å². The van der Waals surface area contributed by atoms with Crippen molar-refractivity contribution >= 4 is 89.7 Å². The Kier molecular flexibility index (Phi) is 8.73. The lowest BCUT2D eigenvalue weighted by Crippen LogP contribution is -2.19. The molecule has 0 atom stereocenters. The Labute approximate surface area is 240 Å². The van der Waals surface area contributed by atoms with Crippen molar-refractivity contribution in [1.82, 2.24) is 5.32 Å². The van der Waals surface area contributed by atoms with E-state index in [0.29, 0.717) is 40.6 Å². The van der Waals surface area contributed by atoms with E-state index in [-0.39, 0.29) is 12.5 Å². The number of hydrogen-bond donors (Lipinski definition) is 1. The van der Waals surface area contributed by atoms with E-state index in [1.165, 1.54) is 11.8 Å². The fraction of sp³-hybridized carbons (Fsp3) is 0.154. The standard InChI is InChI=1S/C26H20Br2Cl2N2O3S/c1-13-6-14(2)8-17(7-13)31-26-32-25(33)21(36-26)11-16-10-20(34-3)24(23(28)22(16)27)35-12-15-4-5-18(29)19(30)9-15/h4-11H,12H2,1-3H3,(H,31,32,33)/b21-11-. The normalized spacial score (nSPS) is 15.5. The number of amides is 1. The smallest absolute Gasteiger partial charge is 0.264 e. The van der Waals surface area contributed by atoms with Crippen LogP contribution in [0.1, 0.15) is 22.3 Å². The van der Waals surface area contributed by atoms with E-state index in [2.05, 4.69) is 48.2 Å². The number of benzene rings is 3. The molecule has 0 spiro atoms. The zero-order valence-electron chi connectivity index (χ0n) is 19.4. The predicted octanol–water partition coefficient (Wildman–Crippen LogP) is 8.61. The topological polar surface area (TPSA) is 59.9 Å². The second kappa shape index (κ2) is 11.6. The quantitative estimate of drug-likeness (QED) is 0.267. The highest BCUT2D eigenvalue weighted by atomic mass is 79.9. The number of methoxy groups -OCH3 is 1. The average Bonchev–Trinajstić information content (AvgIpc) is 3.15. The lowest BCUT2D eigenvalue weighted by atomic mass is 10.1. The monoisotopic (exact) mass is 668 g/mol. The van der Waals surface area contributed by atoms with Gasteiger partial charge in [-0.2, -0.15) is 0 Å². The predicted molar refractivity (Wildman–Crippen MR) is 156 cm³/mol. The molecule has 0 radical (unpaired) electrons. The van der Waals surface area contributed by atoms with Crippen LogP contribution in [0.15, 0.2) is 61.3 Å². The molecule has 0 aliphatic carbocycles. The number of ether oxygens (including phenoxy) is 2. The second-order valence-electron chi connectivity index (χ2n) is 7.99. The molecule has 186 valence electrons. The first kappa shape index (κ1) is 27.1. The van der Waals surface area contributed by atoms with Gasteiger partial charge in [0.1, 0.15) is 6.61 Å². The van der Waals surface area contributed by atoms with E-state index in [1.807, 2.05) is 32.0 Å². The fourth-order valence-corrected chi connectivity index (χ4v) is 5.64. The Morgan fingerprint density at radius 1 is 1.03 bits per heavy atom. The van der Waals surface area contributed by atoms with Gasteiger partial charge in [-0.3, -0.25) is 4.79 Å². The Morgan fingerprint density at radius 2 is 1.75 bits per heavy atom. The van der Waals surface area contributed by atoms with Crippen LogP contribution in [0.5, 0.6) is 11.5 Å². The SMILES string of the molecule is COc1cc(/C=C2\SC(=Nc3cc(C)cc(C)c3)NC2=O)c(Br)c(Br)c1OCc1ccc(Cl)c(Cl)c1. The number of aryl methyl sites for hydroxylation is 2. The molecule has 1 N–H and O–H groups in total. The molecule has 10 heteroatoms. The van der Waals surface area contributed by atoms with Gasteiger partial charge in [0.05, 0.1) is 32.2 Å². The van der Waals surface area contributed by atoms with Crippen LogP contribution in [0.3, 0.4) is 0 Å². The minimum atomic E-state index is -0.218. The van der Waals surface area contributed by atoms with E-state index in [9.17, 15) is 4.79 Å². The summed E-state index contributed by atoms with van der Waals surface area (Å²) in [6.07, 6.45) is 1.78. The highest BCUT2D eigenvalue weighted by Crippen LogP contribution is 2.44. The number of nitrogens with one attached hydrogen (secondary N) is 1. The van der Waals surface area contributed by atoms with E-state index >= 15 is 0 Å². The van der Waals surface area contributed by atoms with Gasteiger partial charge in [-0.05, 0) is 116 Å². The second-order valence-corrected chi connectivity index (χ2v) is 11.4. The van der Waals surface area contributed by atoms with Crippen LogP contribution in [-0.2, 0) is 11.4 Å². The van der Waals surface area contributed by atoms with Crippen molar-refractivity contribution in [3.8, 4) is 11.5 Å². The number of hydrogen-bond acceptors (Lipinski definition) is 5. The van der Waals surface area contributed by atoms with Crippen LogP contribution in [-0.4, -0.2) is 18.2 Å². The number of halogens is 4. The molecule has 1 heterocycles. The third-order valence-corrected chi connectivity index (χ3v) is 8.91. The minimum absolute atomic E-state index is 0.218. The van der Waals surface area contributed by atoms with Crippen molar-refractivity contribution in [2.45, 2.75) is 20.5 Å². The number of thioether (sulfide) groups is 1. The molecule has 1 aliphatic rings. The molecule has 36 heavy (non-hydrogen) atoms. The number of amidine groups is 1. The third kappa shape index (κ3) is 6.29. The first-order valence-electron chi connectivity index (χ1n) is 10.6. The number of aliphatic imine (C=N–C) groups is 1. The Hall–Kier alpha value is -1.97. The van der Waals surface area contributed by atoms with Crippen molar-refractivity contribution in [3.63, 3.8) is 0 Å². The molecule has 1 fully saturated rings. The van der Waals surface area contributed by atoms with Gasteiger partial charge in [0.2, 0.25) is 0 Å². The third-order valence-electron chi connectivity index (χ3n) is 5.12. The summed E-state index contributed by atoms with van der Waals surface area (Å²) in [7, 11) is 1.56. The maximum atomic E-state index is 12.7. The van der Waals surface area contributed by atoms with Crippen LogP contribution in [0.2, 0.25) is 10.0 Å². The van der Waals surface area contributed by atoms with Gasteiger partial charge in [0.15, 0.2) is 16.7 Å². The van der Waals surface area contributed by atoms with Crippen molar-refractivity contribution in [1.29, 1.82) is 0 Å². The molecule has 1 aliphatic heterocycles. The molecule has 4 rings (SSSR count). The van der Waals surface area contributed by atoms with Gasteiger partial charge in [-0.1, -0.05) is 35.3 Å². The molecular formula is C26H20Br2Cl2N2O3S. The maximum absolute atomic E-state index is 12.7. The zero-order chi connectivity index (χ0) is 26.0. The molecule has 1 saturated heterocycles. The Balaban J connectivity index is 1.59. The molecule has 5 nitrogen and oxygen atoms in total. The molecule has 0 unspecified atom stereocenters. The van der Waals surface area contributed by atoms with E-state index in [1.54, 1.807) is 31.4 Å². The van der Waals surface area contributed by atoms with Gasteiger partial charge in [0, 0.05) is 4.47 Å². The van der Waals surface area contributed by atoms with Gasteiger partial charge in [0.25, 0.3) is 5.91 Å². The zero-order valence-corrected chi connectivity index (χ0v) is 24.9. The summed E-state index contributed by atoms with van der Waals surface area (Å²) in [5, 5.41) is 4.30.